The third kappa shape index (κ3) is 4.72. The highest BCUT2D eigenvalue weighted by Crippen LogP contribution is 2.40. The van der Waals surface area contributed by atoms with Crippen LogP contribution in [0.5, 0.6) is 11.5 Å². The zero-order chi connectivity index (χ0) is 25.3. The van der Waals surface area contributed by atoms with Gasteiger partial charge in [-0.15, -0.1) is 0 Å². The van der Waals surface area contributed by atoms with Gasteiger partial charge in [-0.05, 0) is 49.9 Å². The number of fused-ring (bicyclic) bond motifs is 2. The standard InChI is InChI=1S/C29H33NO6/c1-19-23-11-10-22(35-18-20-7-3-4-9-25(20)34-2)15-26(23)36-28(32)24(19)16-27(31)30-14-13-29(33)12-6-5-8-21(29)17-30/h3-4,7,9-11,15,21,33H,5-6,8,12-14,16-18H2,1-2H3/t21-,29-/m1/s1. The summed E-state index contributed by atoms with van der Waals surface area (Å²) in [6, 6.07) is 13.0. The maximum Gasteiger partial charge on any atom is 0.340 e. The summed E-state index contributed by atoms with van der Waals surface area (Å²) in [5, 5.41) is 11.7. The highest BCUT2D eigenvalue weighted by Gasteiger charge is 2.43. The number of methoxy groups -OCH3 is 1. The number of ether oxygens (including phenoxy) is 2. The van der Waals surface area contributed by atoms with E-state index in [4.69, 9.17) is 13.9 Å². The molecule has 5 rings (SSSR count). The van der Waals surface area contributed by atoms with Gasteiger partial charge in [-0.2, -0.15) is 0 Å². The molecule has 36 heavy (non-hydrogen) atoms. The largest absolute Gasteiger partial charge is 0.496 e. The van der Waals surface area contributed by atoms with Gasteiger partial charge in [0.05, 0.1) is 24.7 Å². The Morgan fingerprint density at radius 3 is 2.86 bits per heavy atom. The number of carbonyl (C=O) groups is 1. The predicted octanol–water partition coefficient (Wildman–Crippen LogP) is 4.39. The van der Waals surface area contributed by atoms with Crippen LogP contribution in [-0.4, -0.2) is 41.7 Å². The molecular weight excluding hydrogens is 458 g/mol. The van der Waals surface area contributed by atoms with Crippen LogP contribution in [0.4, 0.5) is 0 Å². The molecule has 3 aromatic rings. The molecule has 0 bridgehead atoms. The summed E-state index contributed by atoms with van der Waals surface area (Å²) in [6.45, 7) is 3.25. The van der Waals surface area contributed by atoms with E-state index in [-0.39, 0.29) is 18.2 Å². The van der Waals surface area contributed by atoms with Crippen molar-refractivity contribution in [2.24, 2.45) is 5.92 Å². The molecule has 190 valence electrons. The second-order valence-corrected chi connectivity index (χ2v) is 10.1. The van der Waals surface area contributed by atoms with E-state index in [0.717, 1.165) is 47.9 Å². The van der Waals surface area contributed by atoms with Gasteiger partial charge in [-0.1, -0.05) is 31.0 Å². The average molecular weight is 492 g/mol. The zero-order valence-corrected chi connectivity index (χ0v) is 20.9. The lowest BCUT2D eigenvalue weighted by atomic mass is 9.71. The minimum Gasteiger partial charge on any atom is -0.496 e. The quantitative estimate of drug-likeness (QED) is 0.515. The van der Waals surface area contributed by atoms with Crippen molar-refractivity contribution >= 4 is 16.9 Å². The van der Waals surface area contributed by atoms with E-state index in [2.05, 4.69) is 0 Å². The molecule has 2 aliphatic rings. The maximum atomic E-state index is 13.1. The van der Waals surface area contributed by atoms with E-state index in [1.54, 1.807) is 13.2 Å². The number of aryl methyl sites for hydroxylation is 1. The first-order valence-corrected chi connectivity index (χ1v) is 12.7. The first-order chi connectivity index (χ1) is 17.4. The fourth-order valence-corrected chi connectivity index (χ4v) is 5.71. The van der Waals surface area contributed by atoms with Crippen LogP contribution in [0.1, 0.15) is 48.8 Å². The predicted molar refractivity (Wildman–Crippen MR) is 136 cm³/mol. The first-order valence-electron chi connectivity index (χ1n) is 12.7. The van der Waals surface area contributed by atoms with Crippen LogP contribution in [0.2, 0.25) is 0 Å². The molecule has 1 aliphatic heterocycles. The van der Waals surface area contributed by atoms with Gasteiger partial charge in [0.1, 0.15) is 23.7 Å². The van der Waals surface area contributed by atoms with Crippen LogP contribution in [0.25, 0.3) is 11.0 Å². The number of aliphatic hydroxyl groups is 1. The minimum atomic E-state index is -0.641. The van der Waals surface area contributed by atoms with Crippen LogP contribution in [0.3, 0.4) is 0 Å². The highest BCUT2D eigenvalue weighted by molar-refractivity contribution is 5.85. The first kappa shape index (κ1) is 24.4. The molecule has 1 amide bonds. The zero-order valence-electron chi connectivity index (χ0n) is 20.9. The highest BCUT2D eigenvalue weighted by atomic mass is 16.5. The SMILES string of the molecule is COc1ccccc1COc1ccc2c(C)c(CC(=O)N3CC[C@]4(O)CCCC[C@@H]4C3)c(=O)oc2c1. The third-order valence-electron chi connectivity index (χ3n) is 7.95. The normalized spacial score (nSPS) is 21.8. The molecular formula is C29H33NO6. The number of nitrogens with zero attached hydrogens (tertiary/aromatic N) is 1. The molecule has 1 saturated heterocycles. The summed E-state index contributed by atoms with van der Waals surface area (Å²) in [6.07, 6.45) is 4.50. The molecule has 2 aromatic carbocycles. The van der Waals surface area contributed by atoms with Crippen molar-refractivity contribution in [3.63, 3.8) is 0 Å². The van der Waals surface area contributed by atoms with Crippen LogP contribution in [0, 0.1) is 12.8 Å². The fraction of sp³-hybridized carbons (Fsp3) is 0.448. The number of hydrogen-bond acceptors (Lipinski definition) is 6. The number of para-hydroxylation sites is 1. The maximum absolute atomic E-state index is 13.1. The van der Waals surface area contributed by atoms with Crippen LogP contribution in [0.15, 0.2) is 51.7 Å². The van der Waals surface area contributed by atoms with Gasteiger partial charge in [0.25, 0.3) is 0 Å². The van der Waals surface area contributed by atoms with Crippen LogP contribution < -0.4 is 15.1 Å². The van der Waals surface area contributed by atoms with Crippen molar-refractivity contribution in [3.05, 3.63) is 69.6 Å². The monoisotopic (exact) mass is 491 g/mol. The summed E-state index contributed by atoms with van der Waals surface area (Å²) in [5.41, 5.74) is 1.34. The molecule has 1 saturated carbocycles. The number of rotatable bonds is 6. The molecule has 1 N–H and O–H groups in total. The van der Waals surface area contributed by atoms with Crippen molar-refractivity contribution in [1.82, 2.24) is 4.90 Å². The van der Waals surface area contributed by atoms with Gasteiger partial charge in [0.15, 0.2) is 0 Å². The number of carbonyl (C=O) groups excluding carboxylic acids is 1. The number of piperidine rings is 1. The van der Waals surface area contributed by atoms with Gasteiger partial charge < -0.3 is 23.9 Å². The van der Waals surface area contributed by atoms with E-state index in [1.165, 1.54) is 0 Å². The molecule has 2 heterocycles. The minimum absolute atomic E-state index is 0.00130. The lowest BCUT2D eigenvalue weighted by Gasteiger charge is -2.47. The topological polar surface area (TPSA) is 89.2 Å². The smallest absolute Gasteiger partial charge is 0.340 e. The van der Waals surface area contributed by atoms with E-state index in [0.29, 0.717) is 43.0 Å². The van der Waals surface area contributed by atoms with Crippen molar-refractivity contribution in [1.29, 1.82) is 0 Å². The Morgan fingerprint density at radius 2 is 2.03 bits per heavy atom. The fourth-order valence-electron chi connectivity index (χ4n) is 5.71. The van der Waals surface area contributed by atoms with Gasteiger partial charge in [-0.25, -0.2) is 4.79 Å². The number of benzene rings is 2. The molecule has 7 heteroatoms. The van der Waals surface area contributed by atoms with Crippen molar-refractivity contribution in [3.8, 4) is 11.5 Å². The van der Waals surface area contributed by atoms with Crippen molar-refractivity contribution < 1.29 is 23.8 Å². The number of likely N-dealkylation sites (tertiary alicyclic amines) is 1. The Labute approximate surface area is 210 Å². The summed E-state index contributed by atoms with van der Waals surface area (Å²) in [5.74, 6) is 1.35. The van der Waals surface area contributed by atoms with Crippen LogP contribution in [-0.2, 0) is 17.8 Å². The van der Waals surface area contributed by atoms with Gasteiger partial charge >= 0.3 is 5.63 Å². The Hall–Kier alpha value is -3.32. The van der Waals surface area contributed by atoms with E-state index < -0.39 is 11.2 Å². The van der Waals surface area contributed by atoms with Crippen molar-refractivity contribution in [2.45, 2.75) is 57.7 Å². The second kappa shape index (κ2) is 9.97. The molecule has 7 nitrogen and oxygen atoms in total. The molecule has 2 fully saturated rings. The molecule has 2 atom stereocenters. The lowest BCUT2D eigenvalue weighted by molar-refractivity contribution is -0.142. The Morgan fingerprint density at radius 1 is 1.19 bits per heavy atom. The molecule has 1 aliphatic carbocycles. The Bertz CT molecular complexity index is 1330. The molecule has 1 aromatic heterocycles. The molecule has 0 spiro atoms. The van der Waals surface area contributed by atoms with E-state index in [9.17, 15) is 14.7 Å². The van der Waals surface area contributed by atoms with Crippen LogP contribution >= 0.6 is 0 Å². The van der Waals surface area contributed by atoms with E-state index in [1.807, 2.05) is 48.2 Å². The summed E-state index contributed by atoms with van der Waals surface area (Å²) in [7, 11) is 1.62. The Balaban J connectivity index is 1.31. The molecule has 0 radical (unpaired) electrons. The summed E-state index contributed by atoms with van der Waals surface area (Å²) < 4.78 is 16.9. The van der Waals surface area contributed by atoms with Gasteiger partial charge in [0, 0.05) is 36.0 Å². The van der Waals surface area contributed by atoms with Gasteiger partial charge in [0.2, 0.25) is 5.91 Å². The van der Waals surface area contributed by atoms with Gasteiger partial charge in [-0.3, -0.25) is 4.79 Å². The third-order valence-corrected chi connectivity index (χ3v) is 7.95. The lowest BCUT2D eigenvalue weighted by Crippen LogP contribution is -2.55. The Kier molecular flexibility index (Phi) is 6.75. The van der Waals surface area contributed by atoms with E-state index >= 15 is 0 Å². The number of amides is 1. The van der Waals surface area contributed by atoms with Crippen molar-refractivity contribution in [2.75, 3.05) is 20.2 Å². The summed E-state index contributed by atoms with van der Waals surface area (Å²) in [4.78, 5) is 27.8. The average Bonchev–Trinajstić information content (AvgIpc) is 2.89. The number of hydrogen-bond donors (Lipinski definition) is 1. The second-order valence-electron chi connectivity index (χ2n) is 10.1. The molecule has 0 unspecified atom stereocenters. The summed E-state index contributed by atoms with van der Waals surface area (Å²) >= 11 is 0.